The van der Waals surface area contributed by atoms with Crippen LogP contribution in [-0.2, 0) is 6.61 Å². The summed E-state index contributed by atoms with van der Waals surface area (Å²) >= 11 is 12.2. The molecule has 0 unspecified atom stereocenters. The van der Waals surface area contributed by atoms with Crippen molar-refractivity contribution in [2.45, 2.75) is 13.5 Å². The molecule has 0 aromatic heterocycles. The minimum Gasteiger partial charge on any atom is -0.497 e. The molecule has 0 bridgehead atoms. The number of methoxy groups -OCH3 is 1. The molecular formula is C24H18Cl2O4. The molecule has 1 aliphatic heterocycles. The lowest BCUT2D eigenvalue weighted by molar-refractivity contribution is 0.101. The summed E-state index contributed by atoms with van der Waals surface area (Å²) < 4.78 is 17.0. The van der Waals surface area contributed by atoms with Crippen molar-refractivity contribution < 1.29 is 19.0 Å². The lowest BCUT2D eigenvalue weighted by Crippen LogP contribution is -1.98. The zero-order chi connectivity index (χ0) is 21.3. The number of rotatable bonds is 5. The quantitative estimate of drug-likeness (QED) is 0.424. The maximum absolute atomic E-state index is 12.8. The standard InChI is InChI=1S/C24H18Cl2O4/c1-14-21(29-13-15-3-7-18(28-2)8-4-15)10-9-19-23(27)22(30-24(14)19)11-16-5-6-17(25)12-20(16)26/h3-12H,13H2,1-2H3/b22-11-. The Kier molecular flexibility index (Phi) is 5.71. The van der Waals surface area contributed by atoms with Crippen LogP contribution in [0, 0.1) is 6.92 Å². The maximum Gasteiger partial charge on any atom is 0.231 e. The van der Waals surface area contributed by atoms with Gasteiger partial charge in [-0.3, -0.25) is 4.79 Å². The largest absolute Gasteiger partial charge is 0.497 e. The highest BCUT2D eigenvalue weighted by atomic mass is 35.5. The summed E-state index contributed by atoms with van der Waals surface area (Å²) in [6.45, 7) is 2.26. The molecule has 0 amide bonds. The number of ether oxygens (including phenoxy) is 3. The summed E-state index contributed by atoms with van der Waals surface area (Å²) in [5, 5.41) is 0.973. The van der Waals surface area contributed by atoms with E-state index in [1.165, 1.54) is 0 Å². The van der Waals surface area contributed by atoms with Crippen molar-refractivity contribution in [1.29, 1.82) is 0 Å². The summed E-state index contributed by atoms with van der Waals surface area (Å²) in [5.74, 6) is 1.97. The van der Waals surface area contributed by atoms with E-state index in [2.05, 4.69) is 0 Å². The summed E-state index contributed by atoms with van der Waals surface area (Å²) in [4.78, 5) is 12.8. The number of Topliss-reactive ketones (excluding diaryl/α,β-unsaturated/α-hetero) is 1. The van der Waals surface area contributed by atoms with Gasteiger partial charge in [0.05, 0.1) is 12.7 Å². The third kappa shape index (κ3) is 4.02. The first-order chi connectivity index (χ1) is 14.5. The van der Waals surface area contributed by atoms with Gasteiger partial charge >= 0.3 is 0 Å². The van der Waals surface area contributed by atoms with Crippen molar-refractivity contribution in [3.63, 3.8) is 0 Å². The average molecular weight is 441 g/mol. The predicted molar refractivity (Wildman–Crippen MR) is 118 cm³/mol. The highest BCUT2D eigenvalue weighted by Crippen LogP contribution is 2.40. The molecule has 152 valence electrons. The molecule has 0 N–H and O–H groups in total. The van der Waals surface area contributed by atoms with Crippen LogP contribution in [0.3, 0.4) is 0 Å². The zero-order valence-corrected chi connectivity index (χ0v) is 17.9. The van der Waals surface area contributed by atoms with Gasteiger partial charge in [-0.2, -0.15) is 0 Å². The van der Waals surface area contributed by atoms with E-state index in [-0.39, 0.29) is 11.5 Å². The molecule has 4 rings (SSSR count). The minimum absolute atomic E-state index is 0.194. The van der Waals surface area contributed by atoms with Crippen LogP contribution in [0.4, 0.5) is 0 Å². The Morgan fingerprint density at radius 3 is 2.50 bits per heavy atom. The average Bonchev–Trinajstić information content (AvgIpc) is 3.06. The molecule has 0 fully saturated rings. The molecule has 1 aliphatic rings. The SMILES string of the molecule is COc1ccc(COc2ccc3c(c2C)O/C(=C\c2ccc(Cl)cc2Cl)C3=O)cc1. The van der Waals surface area contributed by atoms with Crippen molar-refractivity contribution in [3.05, 3.63) is 92.7 Å². The van der Waals surface area contributed by atoms with Crippen LogP contribution < -0.4 is 14.2 Å². The predicted octanol–water partition coefficient (Wildman–Crippen LogP) is 6.51. The van der Waals surface area contributed by atoms with E-state index in [1.807, 2.05) is 31.2 Å². The molecule has 0 radical (unpaired) electrons. The highest BCUT2D eigenvalue weighted by molar-refractivity contribution is 6.35. The fourth-order valence-corrected chi connectivity index (χ4v) is 3.63. The Bertz CT molecular complexity index is 1150. The van der Waals surface area contributed by atoms with E-state index in [1.54, 1.807) is 43.5 Å². The summed E-state index contributed by atoms with van der Waals surface area (Å²) in [6.07, 6.45) is 1.62. The second-order valence-corrected chi connectivity index (χ2v) is 7.65. The van der Waals surface area contributed by atoms with Crippen LogP contribution in [0.15, 0.2) is 60.4 Å². The van der Waals surface area contributed by atoms with Crippen LogP contribution in [-0.4, -0.2) is 12.9 Å². The number of fused-ring (bicyclic) bond motifs is 1. The van der Waals surface area contributed by atoms with Gasteiger partial charge in [0.25, 0.3) is 0 Å². The van der Waals surface area contributed by atoms with Gasteiger partial charge in [-0.1, -0.05) is 41.4 Å². The van der Waals surface area contributed by atoms with Gasteiger partial charge in [0.15, 0.2) is 5.76 Å². The Morgan fingerprint density at radius 1 is 1.03 bits per heavy atom. The lowest BCUT2D eigenvalue weighted by Gasteiger charge is -2.12. The number of carbonyl (C=O) groups excluding carboxylic acids is 1. The van der Waals surface area contributed by atoms with Crippen molar-refractivity contribution >= 4 is 35.1 Å². The van der Waals surface area contributed by atoms with E-state index in [0.717, 1.165) is 16.9 Å². The number of ketones is 1. The Balaban J connectivity index is 1.55. The molecule has 0 spiro atoms. The van der Waals surface area contributed by atoms with Crippen LogP contribution >= 0.6 is 23.2 Å². The van der Waals surface area contributed by atoms with Crippen LogP contribution in [0.2, 0.25) is 10.0 Å². The van der Waals surface area contributed by atoms with Crippen molar-refractivity contribution in [2.24, 2.45) is 0 Å². The number of benzene rings is 3. The lowest BCUT2D eigenvalue weighted by atomic mass is 10.1. The van der Waals surface area contributed by atoms with Crippen LogP contribution in [0.5, 0.6) is 17.2 Å². The van der Waals surface area contributed by atoms with Crippen molar-refractivity contribution in [1.82, 2.24) is 0 Å². The normalized spacial score (nSPS) is 13.9. The van der Waals surface area contributed by atoms with Gasteiger partial charge < -0.3 is 14.2 Å². The summed E-state index contributed by atoms with van der Waals surface area (Å²) in [7, 11) is 1.63. The Morgan fingerprint density at radius 2 is 1.80 bits per heavy atom. The van der Waals surface area contributed by atoms with E-state index < -0.39 is 0 Å². The molecule has 1 heterocycles. The zero-order valence-electron chi connectivity index (χ0n) is 16.4. The fraction of sp³-hybridized carbons (Fsp3) is 0.125. The van der Waals surface area contributed by atoms with Gasteiger partial charge in [-0.15, -0.1) is 0 Å². The number of hydrogen-bond acceptors (Lipinski definition) is 4. The second-order valence-electron chi connectivity index (χ2n) is 6.81. The fourth-order valence-electron chi connectivity index (χ4n) is 3.17. The van der Waals surface area contributed by atoms with Gasteiger partial charge in [0, 0.05) is 15.6 Å². The molecule has 0 saturated heterocycles. The molecule has 4 nitrogen and oxygen atoms in total. The first kappa shape index (κ1) is 20.3. The van der Waals surface area contributed by atoms with Gasteiger partial charge in [-0.25, -0.2) is 0 Å². The van der Waals surface area contributed by atoms with Crippen molar-refractivity contribution in [3.8, 4) is 17.2 Å². The van der Waals surface area contributed by atoms with Crippen molar-refractivity contribution in [2.75, 3.05) is 7.11 Å². The molecule has 3 aromatic carbocycles. The topological polar surface area (TPSA) is 44.8 Å². The van der Waals surface area contributed by atoms with E-state index >= 15 is 0 Å². The molecule has 0 aliphatic carbocycles. The maximum atomic E-state index is 12.8. The van der Waals surface area contributed by atoms with Gasteiger partial charge in [0.1, 0.15) is 23.9 Å². The second kappa shape index (κ2) is 8.42. The number of halogens is 2. The van der Waals surface area contributed by atoms with Gasteiger partial charge in [0.2, 0.25) is 5.78 Å². The Hall–Kier alpha value is -2.95. The molecule has 3 aromatic rings. The smallest absolute Gasteiger partial charge is 0.231 e. The summed E-state index contributed by atoms with van der Waals surface area (Å²) in [6, 6.07) is 16.2. The van der Waals surface area contributed by atoms with Gasteiger partial charge in [-0.05, 0) is 60.5 Å². The van der Waals surface area contributed by atoms with E-state index in [0.29, 0.717) is 39.3 Å². The highest BCUT2D eigenvalue weighted by Gasteiger charge is 2.30. The molecular weight excluding hydrogens is 423 g/mol. The van der Waals surface area contributed by atoms with E-state index in [4.69, 9.17) is 37.4 Å². The van der Waals surface area contributed by atoms with E-state index in [9.17, 15) is 4.79 Å². The third-order valence-electron chi connectivity index (χ3n) is 4.84. The Labute approximate surface area is 184 Å². The third-order valence-corrected chi connectivity index (χ3v) is 5.40. The number of hydrogen-bond donors (Lipinski definition) is 0. The number of carbonyl (C=O) groups is 1. The monoisotopic (exact) mass is 440 g/mol. The van der Waals surface area contributed by atoms with Crippen LogP contribution in [0.25, 0.3) is 6.08 Å². The minimum atomic E-state index is -0.194. The van der Waals surface area contributed by atoms with Crippen LogP contribution in [0.1, 0.15) is 27.0 Å². The molecule has 0 atom stereocenters. The summed E-state index contributed by atoms with van der Waals surface area (Å²) in [5.41, 5.74) is 2.93. The molecule has 0 saturated carbocycles. The molecule has 6 heteroatoms. The first-order valence-corrected chi connectivity index (χ1v) is 10.0. The number of allylic oxidation sites excluding steroid dienone is 1. The molecule has 30 heavy (non-hydrogen) atoms. The first-order valence-electron chi connectivity index (χ1n) is 9.25.